The number of nitrogens with one attached hydrogen (secondary N) is 1. The Kier molecular flexibility index (Phi) is 5.91. The molecule has 2 aliphatic carbocycles. The van der Waals surface area contributed by atoms with Crippen LogP contribution in [-0.2, 0) is 11.3 Å². The molecule has 7 nitrogen and oxygen atoms in total. The average Bonchev–Trinajstić information content (AvgIpc) is 3.44. The summed E-state index contributed by atoms with van der Waals surface area (Å²) in [6.45, 7) is 0.511. The molecule has 2 aromatic rings. The molecule has 4 rings (SSSR count). The smallest absolute Gasteiger partial charge is 0.230 e. The van der Waals surface area contributed by atoms with Crippen molar-refractivity contribution in [3.8, 4) is 5.75 Å². The van der Waals surface area contributed by atoms with E-state index in [1.165, 1.54) is 31.0 Å². The fourth-order valence-corrected chi connectivity index (χ4v) is 4.05. The summed E-state index contributed by atoms with van der Waals surface area (Å²) in [4.78, 5) is 12.1. The molecule has 27 heavy (non-hydrogen) atoms. The van der Waals surface area contributed by atoms with Gasteiger partial charge in [0.2, 0.25) is 11.1 Å². The van der Waals surface area contributed by atoms with Gasteiger partial charge in [0, 0.05) is 6.54 Å². The van der Waals surface area contributed by atoms with Gasteiger partial charge in [-0.15, -0.1) is 5.10 Å². The minimum Gasteiger partial charge on any atom is -0.490 e. The Hall–Kier alpha value is -2.09. The first-order valence-corrected chi connectivity index (χ1v) is 10.7. The lowest BCUT2D eigenvalue weighted by Gasteiger charge is -2.23. The van der Waals surface area contributed by atoms with Gasteiger partial charge in [0.25, 0.3) is 0 Å². The molecule has 144 valence electrons. The van der Waals surface area contributed by atoms with E-state index in [0.29, 0.717) is 24.4 Å². The number of rotatable bonds is 8. The fraction of sp³-hybridized carbons (Fsp3) is 0.579. The molecule has 2 saturated carbocycles. The number of tetrazole rings is 1. The van der Waals surface area contributed by atoms with E-state index < -0.39 is 0 Å². The molecule has 2 fully saturated rings. The molecule has 0 radical (unpaired) electrons. The van der Waals surface area contributed by atoms with Gasteiger partial charge in [-0.1, -0.05) is 30.3 Å². The highest BCUT2D eigenvalue weighted by Crippen LogP contribution is 2.36. The number of benzene rings is 1. The van der Waals surface area contributed by atoms with Crippen molar-refractivity contribution in [3.05, 3.63) is 29.8 Å². The summed E-state index contributed by atoms with van der Waals surface area (Å²) in [7, 11) is 0. The lowest BCUT2D eigenvalue weighted by Crippen LogP contribution is -2.24. The number of amides is 1. The van der Waals surface area contributed by atoms with Crippen molar-refractivity contribution >= 4 is 17.7 Å². The van der Waals surface area contributed by atoms with Crippen molar-refractivity contribution < 1.29 is 9.53 Å². The lowest BCUT2D eigenvalue weighted by molar-refractivity contribution is -0.118. The molecule has 1 aromatic carbocycles. The van der Waals surface area contributed by atoms with Gasteiger partial charge in [-0.2, -0.15) is 0 Å². The molecule has 8 heteroatoms. The van der Waals surface area contributed by atoms with Crippen LogP contribution < -0.4 is 10.1 Å². The van der Waals surface area contributed by atoms with Crippen LogP contribution in [0.3, 0.4) is 0 Å². The molecule has 1 N–H and O–H groups in total. The number of thioether (sulfide) groups is 1. The zero-order chi connectivity index (χ0) is 18.5. The number of hydrogen-bond acceptors (Lipinski definition) is 6. The van der Waals surface area contributed by atoms with Crippen LogP contribution in [0.15, 0.2) is 29.4 Å². The van der Waals surface area contributed by atoms with E-state index in [1.807, 2.05) is 28.9 Å². The SMILES string of the molecule is O=C(CSc1nnnn1C1CC1)NCc1ccc(OC2CCCCC2)cc1. The number of carbonyl (C=O) groups is 1. The maximum Gasteiger partial charge on any atom is 0.230 e. The van der Waals surface area contributed by atoms with Crippen molar-refractivity contribution in [2.75, 3.05) is 5.75 Å². The second kappa shape index (κ2) is 8.73. The Labute approximate surface area is 163 Å². The standard InChI is InChI=1S/C19H25N5O2S/c25-18(13-27-19-21-22-23-24(19)15-8-9-15)20-12-14-6-10-17(11-7-14)26-16-4-2-1-3-5-16/h6-7,10-11,15-16H,1-5,8-9,12-13H2,(H,20,25). The lowest BCUT2D eigenvalue weighted by atomic mass is 9.98. The third-order valence-electron chi connectivity index (χ3n) is 4.96. The van der Waals surface area contributed by atoms with Gasteiger partial charge in [0.1, 0.15) is 5.75 Å². The van der Waals surface area contributed by atoms with E-state index >= 15 is 0 Å². The summed E-state index contributed by atoms with van der Waals surface area (Å²) in [5.74, 6) is 1.21. The maximum atomic E-state index is 12.1. The topological polar surface area (TPSA) is 81.9 Å². The largest absolute Gasteiger partial charge is 0.490 e. The van der Waals surface area contributed by atoms with Gasteiger partial charge in [0.15, 0.2) is 0 Å². The van der Waals surface area contributed by atoms with Crippen molar-refractivity contribution in [1.29, 1.82) is 0 Å². The average molecular weight is 388 g/mol. The van der Waals surface area contributed by atoms with E-state index in [0.717, 1.165) is 42.2 Å². The minimum absolute atomic E-state index is 0.0205. The third kappa shape index (κ3) is 5.22. The van der Waals surface area contributed by atoms with Crippen molar-refractivity contribution in [1.82, 2.24) is 25.5 Å². The fourth-order valence-electron chi connectivity index (χ4n) is 3.27. The van der Waals surface area contributed by atoms with Crippen LogP contribution in [-0.4, -0.2) is 38.0 Å². The van der Waals surface area contributed by atoms with Crippen LogP contribution in [0, 0.1) is 0 Å². The molecular weight excluding hydrogens is 362 g/mol. The van der Waals surface area contributed by atoms with Crippen LogP contribution in [0.4, 0.5) is 0 Å². The number of hydrogen-bond donors (Lipinski definition) is 1. The molecule has 1 heterocycles. The summed E-state index contributed by atoms with van der Waals surface area (Å²) in [5, 5.41) is 15.4. The van der Waals surface area contributed by atoms with Crippen LogP contribution >= 0.6 is 11.8 Å². The molecule has 0 unspecified atom stereocenters. The molecule has 0 aliphatic heterocycles. The summed E-state index contributed by atoms with van der Waals surface area (Å²) in [6.07, 6.45) is 8.75. The second-order valence-corrected chi connectivity index (χ2v) is 8.17. The quantitative estimate of drug-likeness (QED) is 0.701. The monoisotopic (exact) mass is 387 g/mol. The molecule has 1 amide bonds. The molecular formula is C19H25N5O2S. The zero-order valence-electron chi connectivity index (χ0n) is 15.3. The predicted octanol–water partition coefficient (Wildman–Crippen LogP) is 3.13. The Morgan fingerprint density at radius 2 is 1.93 bits per heavy atom. The number of aromatic nitrogens is 4. The highest BCUT2D eigenvalue weighted by Gasteiger charge is 2.28. The first-order valence-electron chi connectivity index (χ1n) is 9.71. The highest BCUT2D eigenvalue weighted by molar-refractivity contribution is 7.99. The molecule has 0 atom stereocenters. The van der Waals surface area contributed by atoms with Gasteiger partial charge in [-0.05, 0) is 66.6 Å². The third-order valence-corrected chi connectivity index (χ3v) is 5.89. The van der Waals surface area contributed by atoms with Crippen LogP contribution in [0.1, 0.15) is 56.6 Å². The van der Waals surface area contributed by atoms with Crippen LogP contribution in [0.5, 0.6) is 5.75 Å². The summed E-state index contributed by atoms with van der Waals surface area (Å²) in [6, 6.07) is 8.43. The van der Waals surface area contributed by atoms with Gasteiger partial charge in [0.05, 0.1) is 17.9 Å². The van der Waals surface area contributed by atoms with Crippen LogP contribution in [0.25, 0.3) is 0 Å². The first-order chi connectivity index (χ1) is 13.3. The highest BCUT2D eigenvalue weighted by atomic mass is 32.2. The Balaban J connectivity index is 1.20. The Morgan fingerprint density at radius 1 is 1.15 bits per heavy atom. The number of nitrogens with zero attached hydrogens (tertiary/aromatic N) is 4. The Morgan fingerprint density at radius 3 is 2.67 bits per heavy atom. The van der Waals surface area contributed by atoms with Crippen molar-refractivity contribution in [2.45, 2.75) is 68.8 Å². The predicted molar refractivity (Wildman–Crippen MR) is 103 cm³/mol. The minimum atomic E-state index is -0.0205. The van der Waals surface area contributed by atoms with Crippen molar-refractivity contribution in [3.63, 3.8) is 0 Å². The maximum absolute atomic E-state index is 12.1. The van der Waals surface area contributed by atoms with E-state index in [1.54, 1.807) is 0 Å². The van der Waals surface area contributed by atoms with Crippen molar-refractivity contribution in [2.24, 2.45) is 0 Å². The van der Waals surface area contributed by atoms with Gasteiger partial charge < -0.3 is 10.1 Å². The van der Waals surface area contributed by atoms with Gasteiger partial charge in [-0.25, -0.2) is 4.68 Å². The van der Waals surface area contributed by atoms with Gasteiger partial charge in [-0.3, -0.25) is 4.79 Å². The van der Waals surface area contributed by atoms with E-state index in [9.17, 15) is 4.79 Å². The molecule has 1 aromatic heterocycles. The molecule has 2 aliphatic rings. The Bertz CT molecular complexity index is 754. The summed E-state index contributed by atoms with van der Waals surface area (Å²) in [5.41, 5.74) is 1.06. The second-order valence-electron chi connectivity index (χ2n) is 7.22. The summed E-state index contributed by atoms with van der Waals surface area (Å²) < 4.78 is 7.86. The van der Waals surface area contributed by atoms with E-state index in [2.05, 4.69) is 20.8 Å². The normalized spacial score (nSPS) is 17.6. The van der Waals surface area contributed by atoms with Gasteiger partial charge >= 0.3 is 0 Å². The molecule has 0 spiro atoms. The molecule has 0 bridgehead atoms. The molecule has 0 saturated heterocycles. The van der Waals surface area contributed by atoms with Crippen LogP contribution in [0.2, 0.25) is 0 Å². The number of carbonyl (C=O) groups excluding carboxylic acids is 1. The first kappa shape index (κ1) is 18.3. The number of ether oxygens (including phenoxy) is 1. The zero-order valence-corrected chi connectivity index (χ0v) is 16.2. The van der Waals surface area contributed by atoms with E-state index in [4.69, 9.17) is 4.74 Å². The summed E-state index contributed by atoms with van der Waals surface area (Å²) >= 11 is 1.38. The van der Waals surface area contributed by atoms with E-state index in [-0.39, 0.29) is 5.91 Å².